The molecule has 4 nitrogen and oxygen atoms in total. The molecule has 0 aromatic heterocycles. The van der Waals surface area contributed by atoms with Crippen molar-refractivity contribution in [3.63, 3.8) is 0 Å². The maximum atomic E-state index is 12.2. The number of nitrogens with one attached hydrogen (secondary N) is 1. The molecule has 2 N–H and O–H groups in total. The molecule has 27 heavy (non-hydrogen) atoms. The molecular weight excluding hydrogens is 336 g/mol. The van der Waals surface area contributed by atoms with Crippen molar-refractivity contribution >= 4 is 12.0 Å². The summed E-state index contributed by atoms with van der Waals surface area (Å²) in [6.07, 6.45) is 7.91. The van der Waals surface area contributed by atoms with Gasteiger partial charge in [0.1, 0.15) is 24.6 Å². The summed E-state index contributed by atoms with van der Waals surface area (Å²) in [7, 11) is 0. The second kappa shape index (κ2) is 5.71. The molecule has 3 heterocycles. The fraction of sp³-hybridized carbons (Fsp3) is 0.522. The number of carbonyl (C=O) groups excluding carboxylic acids is 1. The van der Waals surface area contributed by atoms with Crippen LogP contribution in [0.4, 0.5) is 5.69 Å². The highest BCUT2D eigenvalue weighted by molar-refractivity contribution is 5.85. The molecule has 1 spiro atoms. The van der Waals surface area contributed by atoms with Crippen molar-refractivity contribution in [2.75, 3.05) is 25.0 Å². The number of aldehydes is 1. The lowest BCUT2D eigenvalue weighted by Gasteiger charge is -2.53. The van der Waals surface area contributed by atoms with Gasteiger partial charge in [0.25, 0.3) is 0 Å². The highest BCUT2D eigenvalue weighted by atomic mass is 16.3. The van der Waals surface area contributed by atoms with Gasteiger partial charge in [0, 0.05) is 30.0 Å². The minimum absolute atomic E-state index is 0.131. The smallest absolute Gasteiger partial charge is 0.148 e. The van der Waals surface area contributed by atoms with Gasteiger partial charge in [0.15, 0.2) is 0 Å². The maximum absolute atomic E-state index is 12.2. The van der Waals surface area contributed by atoms with E-state index in [1.165, 1.54) is 30.5 Å². The number of quaternary nitrogens is 1. The number of nitrogens with zero attached hydrogens (tertiary/aromatic N) is 1. The number of hydrogen-bond acceptors (Lipinski definition) is 3. The van der Waals surface area contributed by atoms with Gasteiger partial charge >= 0.3 is 0 Å². The summed E-state index contributed by atoms with van der Waals surface area (Å²) in [5.41, 5.74) is 5.34. The van der Waals surface area contributed by atoms with Gasteiger partial charge in [-0.2, -0.15) is 0 Å². The van der Waals surface area contributed by atoms with Crippen molar-refractivity contribution < 1.29 is 14.4 Å². The molecule has 4 aliphatic rings. The summed E-state index contributed by atoms with van der Waals surface area (Å²) in [6.45, 7) is 7.84. The van der Waals surface area contributed by atoms with Crippen LogP contribution in [0.25, 0.3) is 0 Å². The minimum Gasteiger partial charge on any atom is -0.506 e. The Balaban J connectivity index is 1.78. The number of rotatable bonds is 4. The number of unbranched alkanes of at least 4 members (excludes halogenated alkanes) is 1. The Morgan fingerprint density at radius 2 is 2.26 bits per heavy atom. The van der Waals surface area contributed by atoms with Crippen LogP contribution in [0.3, 0.4) is 0 Å². The number of aromatic hydroxyl groups is 1. The lowest BCUT2D eigenvalue weighted by atomic mass is 9.61. The Labute approximate surface area is 161 Å². The average molecular weight is 365 g/mol. The van der Waals surface area contributed by atoms with E-state index >= 15 is 0 Å². The molecule has 5 rings (SSSR count). The van der Waals surface area contributed by atoms with Crippen molar-refractivity contribution in [2.45, 2.75) is 51.0 Å². The van der Waals surface area contributed by atoms with E-state index in [0.29, 0.717) is 11.8 Å². The van der Waals surface area contributed by atoms with Crippen LogP contribution in [0.2, 0.25) is 0 Å². The van der Waals surface area contributed by atoms with E-state index in [4.69, 9.17) is 0 Å². The van der Waals surface area contributed by atoms with Crippen molar-refractivity contribution in [3.8, 4) is 5.75 Å². The summed E-state index contributed by atoms with van der Waals surface area (Å²) >= 11 is 0. The second-order valence-corrected chi connectivity index (χ2v) is 8.84. The Kier molecular flexibility index (Phi) is 3.61. The average Bonchev–Trinajstić information content (AvgIpc) is 3.21. The van der Waals surface area contributed by atoms with E-state index in [9.17, 15) is 9.90 Å². The van der Waals surface area contributed by atoms with Gasteiger partial charge in [-0.25, -0.2) is 0 Å². The molecule has 4 heteroatoms. The normalized spacial score (nSPS) is 37.2. The number of allylic oxidation sites excluding steroid dienone is 2. The number of benzene rings is 1. The lowest BCUT2D eigenvalue weighted by Crippen LogP contribution is -2.63. The molecule has 0 saturated carbocycles. The van der Waals surface area contributed by atoms with Gasteiger partial charge in [0.2, 0.25) is 0 Å². The fourth-order valence-electron chi connectivity index (χ4n) is 6.76. The largest absolute Gasteiger partial charge is 0.506 e. The highest BCUT2D eigenvalue weighted by Gasteiger charge is 2.68. The van der Waals surface area contributed by atoms with Gasteiger partial charge in [-0.1, -0.05) is 31.6 Å². The van der Waals surface area contributed by atoms with Crippen LogP contribution in [-0.4, -0.2) is 41.6 Å². The van der Waals surface area contributed by atoms with Gasteiger partial charge in [-0.05, 0) is 30.5 Å². The first-order valence-corrected chi connectivity index (χ1v) is 10.4. The summed E-state index contributed by atoms with van der Waals surface area (Å²) in [6, 6.07) is 6.37. The monoisotopic (exact) mass is 365 g/mol. The number of para-hydroxylation sites is 1. The van der Waals surface area contributed by atoms with Crippen LogP contribution in [0, 0.1) is 5.92 Å². The number of fused-ring (bicyclic) bond motifs is 2. The zero-order chi connectivity index (χ0) is 18.8. The molecule has 2 bridgehead atoms. The van der Waals surface area contributed by atoms with E-state index < -0.39 is 0 Å². The first kappa shape index (κ1) is 17.1. The topological polar surface area (TPSA) is 49.3 Å². The summed E-state index contributed by atoms with van der Waals surface area (Å²) in [5, 5.41) is 14.0. The summed E-state index contributed by atoms with van der Waals surface area (Å²) in [5.74, 6) is 0.531. The quantitative estimate of drug-likeness (QED) is 0.368. The Hall–Kier alpha value is -2.07. The number of anilines is 1. The van der Waals surface area contributed by atoms with Crippen LogP contribution < -0.4 is 5.32 Å². The zero-order valence-electron chi connectivity index (χ0n) is 16.3. The SMILES string of the molecule is C/C=C1/C[N@@+]2(CCCC)CC[C@]34C(=C(C=O)[C@H]1C[C@@H]32)Nc1c(O)cccc14. The number of piperidine rings is 1. The lowest BCUT2D eigenvalue weighted by molar-refractivity contribution is -0.941. The second-order valence-electron chi connectivity index (χ2n) is 8.84. The summed E-state index contributed by atoms with van der Waals surface area (Å²) < 4.78 is 1.15. The molecular formula is C23H29N2O2+. The van der Waals surface area contributed by atoms with Crippen LogP contribution in [-0.2, 0) is 10.2 Å². The predicted molar refractivity (Wildman–Crippen MR) is 107 cm³/mol. The number of carbonyl (C=O) groups is 1. The third kappa shape index (κ3) is 1.94. The summed E-state index contributed by atoms with van der Waals surface area (Å²) in [4.78, 5) is 12.2. The van der Waals surface area contributed by atoms with Gasteiger partial charge in [-0.15, -0.1) is 0 Å². The van der Waals surface area contributed by atoms with E-state index in [2.05, 4.69) is 31.3 Å². The van der Waals surface area contributed by atoms with Gasteiger partial charge < -0.3 is 14.9 Å². The number of phenols is 1. The van der Waals surface area contributed by atoms with E-state index in [1.54, 1.807) is 6.07 Å². The third-order valence-electron chi connectivity index (χ3n) is 7.92. The number of phenolic OH excluding ortho intramolecular Hbond substituents is 1. The molecule has 1 aliphatic carbocycles. The Morgan fingerprint density at radius 1 is 1.41 bits per heavy atom. The van der Waals surface area contributed by atoms with Gasteiger partial charge in [-0.3, -0.25) is 4.79 Å². The molecule has 2 saturated heterocycles. The van der Waals surface area contributed by atoms with Crippen LogP contribution in [0.15, 0.2) is 41.1 Å². The maximum Gasteiger partial charge on any atom is 0.148 e. The molecule has 3 aliphatic heterocycles. The molecule has 2 fully saturated rings. The molecule has 142 valence electrons. The first-order chi connectivity index (χ1) is 13.1. The molecule has 0 amide bonds. The molecule has 0 radical (unpaired) electrons. The van der Waals surface area contributed by atoms with Gasteiger partial charge in [0.05, 0.1) is 24.2 Å². The molecule has 0 unspecified atom stereocenters. The van der Waals surface area contributed by atoms with Crippen molar-refractivity contribution in [3.05, 3.63) is 46.7 Å². The highest BCUT2D eigenvalue weighted by Crippen LogP contribution is 2.64. The Morgan fingerprint density at radius 3 is 3.00 bits per heavy atom. The van der Waals surface area contributed by atoms with Crippen molar-refractivity contribution in [1.29, 1.82) is 0 Å². The van der Waals surface area contributed by atoms with Crippen molar-refractivity contribution in [2.24, 2.45) is 5.92 Å². The van der Waals surface area contributed by atoms with Crippen LogP contribution >= 0.6 is 0 Å². The van der Waals surface area contributed by atoms with E-state index in [1.807, 2.05) is 6.07 Å². The zero-order valence-corrected chi connectivity index (χ0v) is 16.3. The van der Waals surface area contributed by atoms with E-state index in [-0.39, 0.29) is 11.3 Å². The Bertz CT molecular complexity index is 886. The number of hydrogen-bond donors (Lipinski definition) is 2. The molecule has 1 aromatic carbocycles. The minimum atomic E-state index is -0.131. The third-order valence-corrected chi connectivity index (χ3v) is 7.92. The van der Waals surface area contributed by atoms with Crippen LogP contribution in [0.1, 0.15) is 45.1 Å². The molecule has 1 aromatic rings. The van der Waals surface area contributed by atoms with E-state index in [0.717, 1.165) is 53.7 Å². The fourth-order valence-corrected chi connectivity index (χ4v) is 6.76. The molecule has 4 atom stereocenters. The van der Waals surface area contributed by atoms with Crippen LogP contribution in [0.5, 0.6) is 5.75 Å². The predicted octanol–water partition coefficient (Wildman–Crippen LogP) is 3.88. The standard InChI is InChI=1S/C23H28N2O2/c1-3-5-10-25-11-9-23-18-7-6-8-19(27)21(18)24-22(23)17(14-26)16(12-20(23)25)15(4-2)13-25/h4,6-8,14,16,20H,3,5,9-13H2,1-2H3,(H-,24,26,27)/p+1/b15-4-/t16-,20-,23+,25+/m0/s1. The first-order valence-electron chi connectivity index (χ1n) is 10.4. The van der Waals surface area contributed by atoms with Crippen molar-refractivity contribution in [1.82, 2.24) is 0 Å².